The van der Waals surface area contributed by atoms with Crippen LogP contribution in [0.5, 0.6) is 0 Å². The third-order valence-electron chi connectivity index (χ3n) is 3.22. The van der Waals surface area contributed by atoms with Gasteiger partial charge in [0.1, 0.15) is 0 Å². The molecule has 0 unspecified atom stereocenters. The van der Waals surface area contributed by atoms with E-state index in [1.165, 1.54) is 22.3 Å². The number of fused-ring (bicyclic) bond motifs is 3. The zero-order chi connectivity index (χ0) is 11.7. The lowest BCUT2D eigenvalue weighted by Gasteiger charge is -2.13. The van der Waals surface area contributed by atoms with Crippen LogP contribution in [0.1, 0.15) is 17.2 Å². The van der Waals surface area contributed by atoms with Gasteiger partial charge in [0.05, 0.1) is 18.7 Å². The summed E-state index contributed by atoms with van der Waals surface area (Å²) in [6.07, 6.45) is 0. The highest BCUT2D eigenvalue weighted by Gasteiger charge is 2.26. The van der Waals surface area contributed by atoms with Crippen LogP contribution in [0.3, 0.4) is 0 Å². The van der Waals surface area contributed by atoms with Gasteiger partial charge in [-0.3, -0.25) is 5.32 Å². The van der Waals surface area contributed by atoms with Crippen molar-refractivity contribution >= 4 is 0 Å². The zero-order valence-corrected chi connectivity index (χ0v) is 9.35. The monoisotopic (exact) mass is 220 g/mol. The van der Waals surface area contributed by atoms with Crippen molar-refractivity contribution in [3.8, 4) is 17.2 Å². The largest absolute Gasteiger partial charge is 0.294 e. The average Bonchev–Trinajstić information content (AvgIpc) is 2.71. The molecule has 82 valence electrons. The maximum atomic E-state index is 8.71. The van der Waals surface area contributed by atoms with Crippen molar-refractivity contribution in [2.24, 2.45) is 0 Å². The standard InChI is InChI=1S/C15H12N2/c16-9-10-17-15-13-7-3-1-5-11(13)12-6-2-4-8-14(12)15/h1-8,15,17H,10H2. The predicted molar refractivity (Wildman–Crippen MR) is 67.3 cm³/mol. The van der Waals surface area contributed by atoms with Crippen LogP contribution in [0.25, 0.3) is 11.1 Å². The van der Waals surface area contributed by atoms with E-state index in [1.807, 2.05) is 12.1 Å². The quantitative estimate of drug-likeness (QED) is 0.790. The van der Waals surface area contributed by atoms with Crippen molar-refractivity contribution in [1.29, 1.82) is 5.26 Å². The van der Waals surface area contributed by atoms with Gasteiger partial charge in [0.15, 0.2) is 0 Å². The molecule has 0 atom stereocenters. The smallest absolute Gasteiger partial charge is 0.0848 e. The van der Waals surface area contributed by atoms with Gasteiger partial charge in [0, 0.05) is 0 Å². The van der Waals surface area contributed by atoms with Gasteiger partial charge in [0.2, 0.25) is 0 Å². The molecule has 17 heavy (non-hydrogen) atoms. The molecule has 0 fully saturated rings. The summed E-state index contributed by atoms with van der Waals surface area (Å²) >= 11 is 0. The van der Waals surface area contributed by atoms with E-state index < -0.39 is 0 Å². The molecular weight excluding hydrogens is 208 g/mol. The first kappa shape index (κ1) is 10.1. The van der Waals surface area contributed by atoms with E-state index in [0.717, 1.165) is 0 Å². The number of nitriles is 1. The highest BCUT2D eigenvalue weighted by atomic mass is 14.9. The van der Waals surface area contributed by atoms with Crippen molar-refractivity contribution in [2.75, 3.05) is 6.54 Å². The van der Waals surface area contributed by atoms with E-state index in [2.05, 4.69) is 47.8 Å². The van der Waals surface area contributed by atoms with Crippen molar-refractivity contribution in [3.63, 3.8) is 0 Å². The highest BCUT2D eigenvalue weighted by molar-refractivity contribution is 5.78. The van der Waals surface area contributed by atoms with Crippen LogP contribution in [0.4, 0.5) is 0 Å². The normalized spacial score (nSPS) is 12.9. The molecule has 0 radical (unpaired) electrons. The van der Waals surface area contributed by atoms with Gasteiger partial charge in [-0.2, -0.15) is 5.26 Å². The van der Waals surface area contributed by atoms with Crippen LogP contribution in [-0.4, -0.2) is 6.54 Å². The minimum atomic E-state index is 0.155. The Bertz CT molecular complexity index is 550. The third-order valence-corrected chi connectivity index (χ3v) is 3.22. The van der Waals surface area contributed by atoms with Crippen molar-refractivity contribution in [2.45, 2.75) is 6.04 Å². The maximum Gasteiger partial charge on any atom is 0.0848 e. The van der Waals surface area contributed by atoms with Crippen LogP contribution in [0, 0.1) is 11.3 Å². The lowest BCUT2D eigenvalue weighted by Crippen LogP contribution is -2.20. The molecule has 0 bridgehead atoms. The SMILES string of the molecule is N#CCNC1c2ccccc2-c2ccccc21. The molecule has 0 aliphatic heterocycles. The molecule has 0 saturated carbocycles. The molecule has 0 saturated heterocycles. The first-order chi connectivity index (χ1) is 8.42. The summed E-state index contributed by atoms with van der Waals surface area (Å²) in [6.45, 7) is 0.368. The Hall–Kier alpha value is -2.11. The molecule has 1 aliphatic rings. The Morgan fingerprint density at radius 3 is 2.00 bits per heavy atom. The van der Waals surface area contributed by atoms with Crippen LogP contribution < -0.4 is 5.32 Å². The molecular formula is C15H12N2. The van der Waals surface area contributed by atoms with E-state index in [0.29, 0.717) is 6.54 Å². The van der Waals surface area contributed by atoms with Crippen LogP contribution >= 0.6 is 0 Å². The molecule has 1 N–H and O–H groups in total. The Balaban J connectivity index is 2.14. The van der Waals surface area contributed by atoms with E-state index in [-0.39, 0.29) is 6.04 Å². The van der Waals surface area contributed by atoms with Gasteiger partial charge >= 0.3 is 0 Å². The molecule has 0 amide bonds. The number of rotatable bonds is 2. The van der Waals surface area contributed by atoms with Gasteiger partial charge in [-0.05, 0) is 22.3 Å². The second-order valence-corrected chi connectivity index (χ2v) is 4.15. The Morgan fingerprint density at radius 2 is 1.47 bits per heavy atom. The maximum absolute atomic E-state index is 8.71. The van der Waals surface area contributed by atoms with Gasteiger partial charge in [-0.1, -0.05) is 48.5 Å². The van der Waals surface area contributed by atoms with Crippen LogP contribution in [0.15, 0.2) is 48.5 Å². The summed E-state index contributed by atoms with van der Waals surface area (Å²) < 4.78 is 0. The van der Waals surface area contributed by atoms with Gasteiger partial charge in [0.25, 0.3) is 0 Å². The van der Waals surface area contributed by atoms with E-state index >= 15 is 0 Å². The molecule has 2 heteroatoms. The summed E-state index contributed by atoms with van der Waals surface area (Å²) in [5, 5.41) is 12.0. The molecule has 2 aromatic rings. The minimum Gasteiger partial charge on any atom is -0.294 e. The van der Waals surface area contributed by atoms with Crippen molar-refractivity contribution in [3.05, 3.63) is 59.7 Å². The Kier molecular flexibility index (Phi) is 2.40. The summed E-state index contributed by atoms with van der Waals surface area (Å²) in [6, 6.07) is 19.1. The van der Waals surface area contributed by atoms with E-state index in [4.69, 9.17) is 5.26 Å². The van der Waals surface area contributed by atoms with E-state index in [1.54, 1.807) is 0 Å². The fraction of sp³-hybridized carbons (Fsp3) is 0.133. The lowest BCUT2D eigenvalue weighted by molar-refractivity contribution is 0.670. The first-order valence-electron chi connectivity index (χ1n) is 5.70. The zero-order valence-electron chi connectivity index (χ0n) is 9.35. The topological polar surface area (TPSA) is 35.8 Å². The molecule has 1 aliphatic carbocycles. The second-order valence-electron chi connectivity index (χ2n) is 4.15. The molecule has 0 heterocycles. The fourth-order valence-electron chi connectivity index (χ4n) is 2.52. The molecule has 3 rings (SSSR count). The molecule has 2 aromatic carbocycles. The van der Waals surface area contributed by atoms with Gasteiger partial charge in [-0.25, -0.2) is 0 Å². The average molecular weight is 220 g/mol. The summed E-state index contributed by atoms with van der Waals surface area (Å²) in [7, 11) is 0. The minimum absolute atomic E-state index is 0.155. The van der Waals surface area contributed by atoms with Crippen molar-refractivity contribution in [1.82, 2.24) is 5.32 Å². The molecule has 2 nitrogen and oxygen atoms in total. The third kappa shape index (κ3) is 1.52. The second kappa shape index (κ2) is 4.04. The molecule has 0 aromatic heterocycles. The number of nitrogens with one attached hydrogen (secondary N) is 1. The van der Waals surface area contributed by atoms with Gasteiger partial charge in [-0.15, -0.1) is 0 Å². The number of hydrogen-bond acceptors (Lipinski definition) is 2. The number of hydrogen-bond donors (Lipinski definition) is 1. The lowest BCUT2D eigenvalue weighted by atomic mass is 10.1. The number of nitrogens with zero attached hydrogens (tertiary/aromatic N) is 1. The Morgan fingerprint density at radius 1 is 0.941 bits per heavy atom. The van der Waals surface area contributed by atoms with Crippen LogP contribution in [-0.2, 0) is 0 Å². The van der Waals surface area contributed by atoms with Crippen molar-refractivity contribution < 1.29 is 0 Å². The first-order valence-corrected chi connectivity index (χ1v) is 5.70. The number of benzene rings is 2. The molecule has 0 spiro atoms. The van der Waals surface area contributed by atoms with Gasteiger partial charge < -0.3 is 0 Å². The summed E-state index contributed by atoms with van der Waals surface area (Å²) in [4.78, 5) is 0. The summed E-state index contributed by atoms with van der Waals surface area (Å²) in [5.74, 6) is 0. The van der Waals surface area contributed by atoms with E-state index in [9.17, 15) is 0 Å². The fourth-order valence-corrected chi connectivity index (χ4v) is 2.52. The predicted octanol–water partition coefficient (Wildman–Crippen LogP) is 2.87. The van der Waals surface area contributed by atoms with Crippen LogP contribution in [0.2, 0.25) is 0 Å². The Labute approximate surface area is 101 Å². The highest BCUT2D eigenvalue weighted by Crippen LogP contribution is 2.42. The summed E-state index contributed by atoms with van der Waals surface area (Å²) in [5.41, 5.74) is 5.09.